The van der Waals surface area contributed by atoms with Crippen molar-refractivity contribution in [1.82, 2.24) is 4.98 Å². The fourth-order valence-corrected chi connectivity index (χ4v) is 3.59. The zero-order chi connectivity index (χ0) is 19.4. The first-order valence-corrected chi connectivity index (χ1v) is 9.12. The summed E-state index contributed by atoms with van der Waals surface area (Å²) in [4.78, 5) is 16.1. The SMILES string of the molecule is CCc1nc(-c2ccc(OC)cc2OCc2ccccc2F)sc1C(=O)O. The summed E-state index contributed by atoms with van der Waals surface area (Å²) in [6.45, 7) is 1.89. The van der Waals surface area contributed by atoms with Crippen LogP contribution < -0.4 is 9.47 Å². The molecule has 0 amide bonds. The van der Waals surface area contributed by atoms with E-state index in [9.17, 15) is 14.3 Å². The molecule has 0 saturated carbocycles. The Bertz CT molecular complexity index is 970. The summed E-state index contributed by atoms with van der Waals surface area (Å²) in [7, 11) is 1.54. The minimum atomic E-state index is -1.00. The summed E-state index contributed by atoms with van der Waals surface area (Å²) >= 11 is 1.09. The molecule has 0 aliphatic heterocycles. The number of methoxy groups -OCH3 is 1. The Labute approximate surface area is 160 Å². The number of benzene rings is 2. The minimum absolute atomic E-state index is 0.0324. The number of rotatable bonds is 7. The Morgan fingerprint density at radius 3 is 2.67 bits per heavy atom. The lowest BCUT2D eigenvalue weighted by molar-refractivity contribution is 0.0701. The van der Waals surface area contributed by atoms with Gasteiger partial charge in [-0.25, -0.2) is 14.2 Å². The maximum atomic E-state index is 13.9. The molecule has 0 aliphatic rings. The molecule has 7 heteroatoms. The summed E-state index contributed by atoms with van der Waals surface area (Å²) in [5, 5.41) is 9.91. The lowest BCUT2D eigenvalue weighted by atomic mass is 10.2. The summed E-state index contributed by atoms with van der Waals surface area (Å²) in [6.07, 6.45) is 0.514. The minimum Gasteiger partial charge on any atom is -0.497 e. The Kier molecular flexibility index (Phi) is 5.71. The number of halogens is 1. The quantitative estimate of drug-likeness (QED) is 0.631. The number of aromatic nitrogens is 1. The Hall–Kier alpha value is -2.93. The molecule has 140 valence electrons. The van der Waals surface area contributed by atoms with E-state index in [-0.39, 0.29) is 17.3 Å². The average molecular weight is 387 g/mol. The average Bonchev–Trinajstić information content (AvgIpc) is 3.11. The highest BCUT2D eigenvalue weighted by atomic mass is 32.1. The van der Waals surface area contributed by atoms with E-state index in [1.165, 1.54) is 13.2 Å². The second-order valence-electron chi connectivity index (χ2n) is 5.70. The summed E-state index contributed by atoms with van der Waals surface area (Å²) in [5.74, 6) is -0.325. The highest BCUT2D eigenvalue weighted by Gasteiger charge is 2.20. The molecule has 1 N–H and O–H groups in total. The van der Waals surface area contributed by atoms with Crippen LogP contribution in [0.5, 0.6) is 11.5 Å². The van der Waals surface area contributed by atoms with Crippen LogP contribution in [0, 0.1) is 5.82 Å². The van der Waals surface area contributed by atoms with Gasteiger partial charge in [-0.15, -0.1) is 11.3 Å². The number of aromatic carboxylic acids is 1. The van der Waals surface area contributed by atoms with Gasteiger partial charge in [0.05, 0.1) is 18.4 Å². The number of nitrogens with zero attached hydrogens (tertiary/aromatic N) is 1. The van der Waals surface area contributed by atoms with Crippen molar-refractivity contribution in [3.05, 3.63) is 64.4 Å². The van der Waals surface area contributed by atoms with Crippen molar-refractivity contribution < 1.29 is 23.8 Å². The van der Waals surface area contributed by atoms with Crippen molar-refractivity contribution >= 4 is 17.3 Å². The zero-order valence-electron chi connectivity index (χ0n) is 14.9. The van der Waals surface area contributed by atoms with Crippen LogP contribution in [0.3, 0.4) is 0 Å². The van der Waals surface area contributed by atoms with Crippen LogP contribution in [0.25, 0.3) is 10.6 Å². The number of ether oxygens (including phenoxy) is 2. The van der Waals surface area contributed by atoms with E-state index in [0.29, 0.717) is 39.7 Å². The summed E-state index contributed by atoms with van der Waals surface area (Å²) in [6, 6.07) is 11.6. The third kappa shape index (κ3) is 4.09. The number of hydrogen-bond acceptors (Lipinski definition) is 5. The van der Waals surface area contributed by atoms with Gasteiger partial charge in [-0.3, -0.25) is 0 Å². The summed E-state index contributed by atoms with van der Waals surface area (Å²) < 4.78 is 25.0. The third-order valence-electron chi connectivity index (χ3n) is 3.99. The van der Waals surface area contributed by atoms with Gasteiger partial charge in [-0.1, -0.05) is 25.1 Å². The van der Waals surface area contributed by atoms with E-state index in [0.717, 1.165) is 11.3 Å². The molecule has 1 heterocycles. The van der Waals surface area contributed by atoms with E-state index in [1.807, 2.05) is 6.92 Å². The molecule has 0 saturated heterocycles. The summed E-state index contributed by atoms with van der Waals surface area (Å²) in [5.41, 5.74) is 1.59. The highest BCUT2D eigenvalue weighted by Crippen LogP contribution is 2.37. The molecule has 0 spiro atoms. The van der Waals surface area contributed by atoms with Crippen LogP contribution in [0.15, 0.2) is 42.5 Å². The van der Waals surface area contributed by atoms with Crippen molar-refractivity contribution in [2.45, 2.75) is 20.0 Å². The number of carbonyl (C=O) groups is 1. The van der Waals surface area contributed by atoms with Gasteiger partial charge in [0, 0.05) is 11.6 Å². The standard InChI is InChI=1S/C20H18FNO4S/c1-3-16-18(20(23)24)27-19(22-16)14-9-8-13(25-2)10-17(14)26-11-12-6-4-5-7-15(12)21/h4-10H,3,11H2,1-2H3,(H,23,24). The van der Waals surface area contributed by atoms with Gasteiger partial charge >= 0.3 is 5.97 Å². The van der Waals surface area contributed by atoms with Crippen molar-refractivity contribution in [2.75, 3.05) is 7.11 Å². The van der Waals surface area contributed by atoms with Gasteiger partial charge in [-0.2, -0.15) is 0 Å². The largest absolute Gasteiger partial charge is 0.497 e. The van der Waals surface area contributed by atoms with Crippen LogP contribution in [-0.4, -0.2) is 23.2 Å². The lowest BCUT2D eigenvalue weighted by Gasteiger charge is -2.12. The molecule has 3 aromatic rings. The molecule has 0 atom stereocenters. The normalized spacial score (nSPS) is 10.6. The van der Waals surface area contributed by atoms with E-state index in [2.05, 4.69) is 4.98 Å². The van der Waals surface area contributed by atoms with Gasteiger partial charge in [0.15, 0.2) is 0 Å². The zero-order valence-corrected chi connectivity index (χ0v) is 15.7. The molecule has 2 aromatic carbocycles. The fourth-order valence-electron chi connectivity index (χ4n) is 2.57. The van der Waals surface area contributed by atoms with Crippen LogP contribution in [0.1, 0.15) is 27.9 Å². The molecule has 3 rings (SSSR count). The maximum absolute atomic E-state index is 13.9. The Morgan fingerprint density at radius 2 is 2.04 bits per heavy atom. The van der Waals surface area contributed by atoms with Gasteiger partial charge in [0.2, 0.25) is 0 Å². The van der Waals surface area contributed by atoms with Gasteiger partial charge < -0.3 is 14.6 Å². The van der Waals surface area contributed by atoms with Crippen molar-refractivity contribution in [3.8, 4) is 22.1 Å². The number of aryl methyl sites for hydroxylation is 1. The Morgan fingerprint density at radius 1 is 1.26 bits per heavy atom. The number of thiazole rings is 1. The molecule has 0 bridgehead atoms. The van der Waals surface area contributed by atoms with Crippen molar-refractivity contribution in [3.63, 3.8) is 0 Å². The number of carboxylic acid groups (broad SMARTS) is 1. The smallest absolute Gasteiger partial charge is 0.347 e. The van der Waals surface area contributed by atoms with E-state index in [4.69, 9.17) is 9.47 Å². The predicted octanol–water partition coefficient (Wildman–Crippen LogP) is 4.80. The van der Waals surface area contributed by atoms with E-state index in [1.54, 1.807) is 36.4 Å². The first-order chi connectivity index (χ1) is 13.0. The van der Waals surface area contributed by atoms with Gasteiger partial charge in [0.1, 0.15) is 33.8 Å². The monoisotopic (exact) mass is 387 g/mol. The first-order valence-electron chi connectivity index (χ1n) is 8.31. The molecule has 27 heavy (non-hydrogen) atoms. The Balaban J connectivity index is 1.98. The van der Waals surface area contributed by atoms with Crippen LogP contribution in [-0.2, 0) is 13.0 Å². The topological polar surface area (TPSA) is 68.7 Å². The van der Waals surface area contributed by atoms with Crippen molar-refractivity contribution in [2.24, 2.45) is 0 Å². The molecule has 5 nitrogen and oxygen atoms in total. The van der Waals surface area contributed by atoms with Gasteiger partial charge in [0.25, 0.3) is 0 Å². The van der Waals surface area contributed by atoms with E-state index < -0.39 is 5.97 Å². The van der Waals surface area contributed by atoms with Crippen molar-refractivity contribution in [1.29, 1.82) is 0 Å². The van der Waals surface area contributed by atoms with Crippen LogP contribution >= 0.6 is 11.3 Å². The molecule has 1 aromatic heterocycles. The highest BCUT2D eigenvalue weighted by molar-refractivity contribution is 7.17. The molecular weight excluding hydrogens is 369 g/mol. The second-order valence-corrected chi connectivity index (χ2v) is 6.69. The lowest BCUT2D eigenvalue weighted by Crippen LogP contribution is -2.00. The fraction of sp³-hybridized carbons (Fsp3) is 0.200. The van der Waals surface area contributed by atoms with Crippen LogP contribution in [0.2, 0.25) is 0 Å². The van der Waals surface area contributed by atoms with Crippen LogP contribution in [0.4, 0.5) is 4.39 Å². The third-order valence-corrected chi connectivity index (χ3v) is 5.11. The van der Waals surface area contributed by atoms with E-state index >= 15 is 0 Å². The number of carboxylic acids is 1. The number of hydrogen-bond donors (Lipinski definition) is 1. The molecule has 0 fully saturated rings. The molecule has 0 unspecified atom stereocenters. The second kappa shape index (κ2) is 8.18. The molecule has 0 radical (unpaired) electrons. The predicted molar refractivity (Wildman–Crippen MR) is 101 cm³/mol. The maximum Gasteiger partial charge on any atom is 0.347 e. The molecular formula is C20H18FNO4S. The molecule has 0 aliphatic carbocycles. The van der Waals surface area contributed by atoms with Gasteiger partial charge in [-0.05, 0) is 24.6 Å². The first kappa shape index (κ1) is 18.8.